The van der Waals surface area contributed by atoms with E-state index < -0.39 is 16.0 Å². The normalized spacial score (nSPS) is 11.8. The molecule has 0 bridgehead atoms. The van der Waals surface area contributed by atoms with Gasteiger partial charge in [-0.3, -0.25) is 0 Å². The average molecular weight is 484 g/mol. The number of carboxylic acid groups (broad SMARTS) is 1. The lowest BCUT2D eigenvalue weighted by Crippen LogP contribution is -2.32. The number of furan rings is 1. The minimum Gasteiger partial charge on any atom is -0.475 e. The van der Waals surface area contributed by atoms with Gasteiger partial charge in [-0.15, -0.1) is 0 Å². The van der Waals surface area contributed by atoms with E-state index in [0.717, 1.165) is 5.56 Å². The van der Waals surface area contributed by atoms with Gasteiger partial charge in [0.25, 0.3) is 0 Å². The molecule has 0 amide bonds. The average Bonchev–Trinajstić information content (AvgIpc) is 3.14. The molecule has 0 aliphatic carbocycles. The predicted molar refractivity (Wildman–Crippen MR) is 127 cm³/mol. The fourth-order valence-corrected chi connectivity index (χ4v) is 5.35. The first-order valence-electron chi connectivity index (χ1n) is 10.3. The van der Waals surface area contributed by atoms with Gasteiger partial charge in [0.15, 0.2) is 0 Å². The van der Waals surface area contributed by atoms with Crippen molar-refractivity contribution in [3.05, 3.63) is 100 Å². The molecular formula is C25H22ClNO5S. The van der Waals surface area contributed by atoms with Crippen molar-refractivity contribution in [3.8, 4) is 0 Å². The molecule has 0 saturated heterocycles. The maximum absolute atomic E-state index is 13.7. The van der Waals surface area contributed by atoms with Crippen molar-refractivity contribution in [2.75, 3.05) is 6.54 Å². The number of rotatable bonds is 8. The molecule has 33 heavy (non-hydrogen) atoms. The monoisotopic (exact) mass is 483 g/mol. The van der Waals surface area contributed by atoms with Crippen LogP contribution in [0.25, 0.3) is 11.0 Å². The van der Waals surface area contributed by atoms with Gasteiger partial charge in [-0.2, -0.15) is 4.31 Å². The largest absolute Gasteiger partial charge is 0.475 e. The lowest BCUT2D eigenvalue weighted by molar-refractivity contribution is 0.0664. The second kappa shape index (κ2) is 9.39. The van der Waals surface area contributed by atoms with Crippen molar-refractivity contribution < 1.29 is 22.7 Å². The Morgan fingerprint density at radius 1 is 1.03 bits per heavy atom. The minimum absolute atomic E-state index is 0.0657. The number of nitrogens with zero attached hydrogens (tertiary/aromatic N) is 1. The number of sulfonamides is 1. The third-order valence-corrected chi connectivity index (χ3v) is 7.75. The Morgan fingerprint density at radius 2 is 1.73 bits per heavy atom. The number of halogens is 1. The van der Waals surface area contributed by atoms with Crippen molar-refractivity contribution in [1.82, 2.24) is 4.31 Å². The van der Waals surface area contributed by atoms with Crippen LogP contribution in [0, 0.1) is 6.92 Å². The van der Waals surface area contributed by atoms with Gasteiger partial charge >= 0.3 is 5.97 Å². The van der Waals surface area contributed by atoms with Crippen LogP contribution < -0.4 is 0 Å². The van der Waals surface area contributed by atoms with Crippen LogP contribution in [-0.2, 0) is 23.0 Å². The molecule has 1 heterocycles. The van der Waals surface area contributed by atoms with Crippen LogP contribution >= 0.6 is 11.6 Å². The van der Waals surface area contributed by atoms with Gasteiger partial charge in [-0.25, -0.2) is 13.2 Å². The van der Waals surface area contributed by atoms with E-state index in [1.54, 1.807) is 25.1 Å². The van der Waals surface area contributed by atoms with Crippen molar-refractivity contribution in [1.29, 1.82) is 0 Å². The quantitative estimate of drug-likeness (QED) is 0.356. The van der Waals surface area contributed by atoms with Gasteiger partial charge in [-0.05, 0) is 48.7 Å². The van der Waals surface area contributed by atoms with E-state index in [2.05, 4.69) is 0 Å². The molecule has 0 atom stereocenters. The molecule has 4 aromatic rings. The Morgan fingerprint density at radius 3 is 2.42 bits per heavy atom. The fraction of sp³-hybridized carbons (Fsp3) is 0.160. The van der Waals surface area contributed by atoms with Gasteiger partial charge in [0.1, 0.15) is 5.58 Å². The van der Waals surface area contributed by atoms with Crippen LogP contribution in [0.4, 0.5) is 0 Å². The summed E-state index contributed by atoms with van der Waals surface area (Å²) in [6.07, 6.45) is 0.528. The zero-order valence-corrected chi connectivity index (χ0v) is 19.4. The standard InChI is InChI=1S/C25H22ClNO5S/c1-17-21-15-20(11-12-23(21)32-24(17)25(28)29)33(30,31)27(14-13-18-7-3-2-4-8-18)16-19-9-5-6-10-22(19)26/h2-12,15H,13-14,16H2,1H3,(H,28,29). The number of hydrogen-bond donors (Lipinski definition) is 1. The van der Waals surface area contributed by atoms with Crippen LogP contribution in [0.5, 0.6) is 0 Å². The Hall–Kier alpha value is -3.13. The molecule has 1 aromatic heterocycles. The van der Waals surface area contributed by atoms with Gasteiger partial charge < -0.3 is 9.52 Å². The van der Waals surface area contributed by atoms with Gasteiger partial charge in [0.2, 0.25) is 15.8 Å². The van der Waals surface area contributed by atoms with Crippen LogP contribution in [-0.4, -0.2) is 30.3 Å². The molecule has 170 valence electrons. The first-order chi connectivity index (χ1) is 15.8. The van der Waals surface area contributed by atoms with E-state index in [0.29, 0.717) is 33.5 Å². The highest BCUT2D eigenvalue weighted by Crippen LogP contribution is 2.30. The molecule has 6 nitrogen and oxygen atoms in total. The smallest absolute Gasteiger partial charge is 0.372 e. The molecule has 1 N–H and O–H groups in total. The van der Waals surface area contributed by atoms with Crippen LogP contribution in [0.1, 0.15) is 27.2 Å². The maximum atomic E-state index is 13.7. The molecule has 3 aromatic carbocycles. The number of fused-ring (bicyclic) bond motifs is 1. The van der Waals surface area contributed by atoms with Gasteiger partial charge in [0.05, 0.1) is 4.90 Å². The summed E-state index contributed by atoms with van der Waals surface area (Å²) in [6, 6.07) is 21.2. The Kier molecular flexibility index (Phi) is 6.56. The number of benzene rings is 3. The number of aryl methyl sites for hydroxylation is 1. The lowest BCUT2D eigenvalue weighted by Gasteiger charge is -2.23. The molecule has 0 fully saturated rings. The highest BCUT2D eigenvalue weighted by Gasteiger charge is 2.27. The number of carbonyl (C=O) groups is 1. The predicted octanol–water partition coefficient (Wildman–Crippen LogP) is 5.53. The number of carboxylic acids is 1. The summed E-state index contributed by atoms with van der Waals surface area (Å²) >= 11 is 6.32. The van der Waals surface area contributed by atoms with Gasteiger partial charge in [0, 0.05) is 29.1 Å². The molecular weight excluding hydrogens is 462 g/mol. The molecule has 4 rings (SSSR count). The van der Waals surface area contributed by atoms with Gasteiger partial charge in [-0.1, -0.05) is 60.1 Å². The molecule has 0 aliphatic rings. The van der Waals surface area contributed by atoms with Crippen LogP contribution in [0.3, 0.4) is 0 Å². The van der Waals surface area contributed by atoms with Crippen molar-refractivity contribution in [3.63, 3.8) is 0 Å². The topological polar surface area (TPSA) is 87.8 Å². The number of aromatic carboxylic acids is 1. The van der Waals surface area contributed by atoms with Crippen LogP contribution in [0.15, 0.2) is 82.1 Å². The first-order valence-corrected chi connectivity index (χ1v) is 12.1. The fourth-order valence-electron chi connectivity index (χ4n) is 3.71. The van der Waals surface area contributed by atoms with E-state index in [1.165, 1.54) is 22.5 Å². The lowest BCUT2D eigenvalue weighted by atomic mass is 10.1. The highest BCUT2D eigenvalue weighted by atomic mass is 35.5. The van der Waals surface area contributed by atoms with Crippen LogP contribution in [0.2, 0.25) is 5.02 Å². The van der Waals surface area contributed by atoms with Crippen molar-refractivity contribution in [2.24, 2.45) is 0 Å². The van der Waals surface area contributed by atoms with E-state index in [-0.39, 0.29) is 23.7 Å². The SMILES string of the molecule is Cc1c(C(=O)O)oc2ccc(S(=O)(=O)N(CCc3ccccc3)Cc3ccccc3Cl)cc12. The van der Waals surface area contributed by atoms with E-state index in [9.17, 15) is 18.3 Å². The first kappa shape index (κ1) is 23.0. The highest BCUT2D eigenvalue weighted by molar-refractivity contribution is 7.89. The van der Waals surface area contributed by atoms with Crippen molar-refractivity contribution >= 4 is 38.6 Å². The minimum atomic E-state index is -3.92. The second-order valence-electron chi connectivity index (χ2n) is 7.68. The molecule has 0 spiro atoms. The van der Waals surface area contributed by atoms with E-state index in [4.69, 9.17) is 16.0 Å². The zero-order chi connectivity index (χ0) is 23.6. The summed E-state index contributed by atoms with van der Waals surface area (Å²) in [6.45, 7) is 1.96. The molecule has 0 aliphatic heterocycles. The summed E-state index contributed by atoms with van der Waals surface area (Å²) in [7, 11) is -3.92. The molecule has 8 heteroatoms. The Balaban J connectivity index is 1.73. The Bertz CT molecular complexity index is 1410. The molecule has 0 saturated carbocycles. The maximum Gasteiger partial charge on any atom is 0.372 e. The summed E-state index contributed by atoms with van der Waals surface area (Å²) in [5.74, 6) is -1.40. The molecule has 0 unspecified atom stereocenters. The summed E-state index contributed by atoms with van der Waals surface area (Å²) in [5.41, 5.74) is 2.43. The zero-order valence-electron chi connectivity index (χ0n) is 17.9. The van der Waals surface area contributed by atoms with E-state index >= 15 is 0 Å². The third kappa shape index (κ3) is 4.80. The molecule has 0 radical (unpaired) electrons. The summed E-state index contributed by atoms with van der Waals surface area (Å²) < 4.78 is 34.2. The van der Waals surface area contributed by atoms with Crippen molar-refractivity contribution in [2.45, 2.75) is 24.8 Å². The van der Waals surface area contributed by atoms with E-state index in [1.807, 2.05) is 36.4 Å². The number of hydrogen-bond acceptors (Lipinski definition) is 4. The summed E-state index contributed by atoms with van der Waals surface area (Å²) in [5, 5.41) is 10.3. The Labute approximate surface area is 197 Å². The summed E-state index contributed by atoms with van der Waals surface area (Å²) in [4.78, 5) is 11.5. The second-order valence-corrected chi connectivity index (χ2v) is 10.0. The third-order valence-electron chi connectivity index (χ3n) is 5.54.